The van der Waals surface area contributed by atoms with Crippen molar-refractivity contribution in [3.63, 3.8) is 0 Å². The minimum atomic E-state index is -0.605. The largest absolute Gasteiger partial charge is 0.295 e. The Balaban J connectivity index is 1.69. The maximum absolute atomic E-state index is 14.3. The van der Waals surface area contributed by atoms with Crippen LogP contribution in [0.2, 0.25) is 0 Å². The number of ketones is 2. The number of rotatable bonds is 1. The number of allylic oxidation sites excluding steroid dienone is 4. The van der Waals surface area contributed by atoms with Crippen LogP contribution in [0.4, 0.5) is 0 Å². The van der Waals surface area contributed by atoms with E-state index in [2.05, 4.69) is 46.1 Å². The molecule has 5 rings (SSSR count). The molecular weight excluding hydrogens is 450 g/mol. The third-order valence-electron chi connectivity index (χ3n) is 12.1. The molecule has 3 saturated carbocycles. The van der Waals surface area contributed by atoms with Gasteiger partial charge >= 0.3 is 0 Å². The lowest BCUT2D eigenvalue weighted by molar-refractivity contribution is -0.177. The highest BCUT2D eigenvalue weighted by Gasteiger charge is 2.70. The number of fused-ring (bicyclic) bond motifs is 7. The summed E-state index contributed by atoms with van der Waals surface area (Å²) in [5.41, 5.74) is 2.15. The average Bonchev–Trinajstić information content (AvgIpc) is 2.82. The van der Waals surface area contributed by atoms with Gasteiger partial charge in [-0.05, 0) is 79.1 Å². The number of nitrogens with zero attached hydrogens (tertiary/aromatic N) is 1. The number of nitrogens with two attached hydrogens (primary N) is 1. The number of nitriles is 1. The SMILES string of the molecule is C[C@@H]1C(=O)C(C#N)=C[C@]2(C)C3=CC(=O)[C@@H]4[C@@H]5CC(C)(C)CC[C@]5(C(=O)NN)CC[C@@]4(C)[C@]3(C)CC[C@@H]12. The second-order valence-corrected chi connectivity index (χ2v) is 14.0. The molecule has 5 aliphatic carbocycles. The molecule has 0 spiro atoms. The zero-order valence-electron chi connectivity index (χ0n) is 22.7. The van der Waals surface area contributed by atoms with E-state index in [0.29, 0.717) is 0 Å². The Morgan fingerprint density at radius 1 is 1.06 bits per heavy atom. The second kappa shape index (κ2) is 7.63. The molecular formula is C30H41N3O3. The standard InChI is InChI=1S/C30H41N3O3/c1-17-19-7-8-28(5)22(27(19,4)14-18(16-31)24(17)35)13-21(34)23-20-15-26(2,3)9-11-30(20,25(36)33-32)12-10-29(23,28)6/h13-14,17,19-20,23H,7-12,15,32H2,1-6H3,(H,33,36)/t17-,19-,20-,23-,27-,28+,29+,30-/m0/s1. The van der Waals surface area contributed by atoms with Crippen LogP contribution >= 0.6 is 0 Å². The highest BCUT2D eigenvalue weighted by Crippen LogP contribution is 2.73. The van der Waals surface area contributed by atoms with Crippen LogP contribution in [0, 0.1) is 62.1 Å². The van der Waals surface area contributed by atoms with E-state index >= 15 is 0 Å². The first kappa shape index (κ1) is 25.4. The van der Waals surface area contributed by atoms with Gasteiger partial charge in [0.05, 0.1) is 11.0 Å². The summed E-state index contributed by atoms with van der Waals surface area (Å²) in [6.07, 6.45) is 9.58. The number of carbonyl (C=O) groups excluding carboxylic acids is 3. The lowest BCUT2D eigenvalue weighted by Gasteiger charge is -2.68. The molecule has 0 aromatic rings. The van der Waals surface area contributed by atoms with Crippen molar-refractivity contribution < 1.29 is 14.4 Å². The number of hydrogen-bond donors (Lipinski definition) is 2. The van der Waals surface area contributed by atoms with Crippen LogP contribution in [0.3, 0.4) is 0 Å². The van der Waals surface area contributed by atoms with Gasteiger partial charge in [-0.2, -0.15) is 5.26 Å². The Labute approximate surface area is 215 Å². The Morgan fingerprint density at radius 2 is 1.72 bits per heavy atom. The summed E-state index contributed by atoms with van der Waals surface area (Å²) in [6, 6.07) is 2.14. The number of amides is 1. The first-order valence-electron chi connectivity index (χ1n) is 13.7. The Bertz CT molecular complexity index is 1160. The molecule has 1 amide bonds. The van der Waals surface area contributed by atoms with Crippen LogP contribution in [0.5, 0.6) is 0 Å². The summed E-state index contributed by atoms with van der Waals surface area (Å²) in [5.74, 6) is 5.17. The maximum Gasteiger partial charge on any atom is 0.240 e. The summed E-state index contributed by atoms with van der Waals surface area (Å²) >= 11 is 0. The van der Waals surface area contributed by atoms with Gasteiger partial charge in [-0.25, -0.2) is 5.84 Å². The molecule has 194 valence electrons. The summed E-state index contributed by atoms with van der Waals surface area (Å²) in [6.45, 7) is 13.2. The normalized spacial score (nSPS) is 47.2. The fourth-order valence-electron chi connectivity index (χ4n) is 9.79. The lowest BCUT2D eigenvalue weighted by Crippen LogP contribution is -2.66. The van der Waals surface area contributed by atoms with Crippen LogP contribution in [0.15, 0.2) is 23.3 Å². The van der Waals surface area contributed by atoms with Gasteiger partial charge in [0.25, 0.3) is 0 Å². The van der Waals surface area contributed by atoms with E-state index in [1.807, 2.05) is 19.1 Å². The molecule has 3 fully saturated rings. The van der Waals surface area contributed by atoms with Gasteiger partial charge in [-0.3, -0.25) is 19.8 Å². The van der Waals surface area contributed by atoms with E-state index in [9.17, 15) is 19.6 Å². The Kier molecular flexibility index (Phi) is 5.38. The smallest absolute Gasteiger partial charge is 0.240 e. The van der Waals surface area contributed by atoms with Crippen molar-refractivity contribution in [3.8, 4) is 6.07 Å². The highest BCUT2D eigenvalue weighted by molar-refractivity contribution is 6.02. The molecule has 0 aromatic carbocycles. The topological polar surface area (TPSA) is 113 Å². The minimum absolute atomic E-state index is 0.0553. The van der Waals surface area contributed by atoms with E-state index in [0.717, 1.165) is 50.5 Å². The molecule has 0 heterocycles. The molecule has 0 aromatic heterocycles. The lowest BCUT2D eigenvalue weighted by atomic mass is 9.35. The Morgan fingerprint density at radius 3 is 2.36 bits per heavy atom. The van der Waals surface area contributed by atoms with Crippen LogP contribution in [0.25, 0.3) is 0 Å². The molecule has 5 aliphatic rings. The van der Waals surface area contributed by atoms with Crippen molar-refractivity contribution >= 4 is 17.5 Å². The van der Waals surface area contributed by atoms with Crippen molar-refractivity contribution in [1.82, 2.24) is 5.43 Å². The number of carbonyl (C=O) groups is 3. The second-order valence-electron chi connectivity index (χ2n) is 14.0. The summed E-state index contributed by atoms with van der Waals surface area (Å²) in [7, 11) is 0. The van der Waals surface area contributed by atoms with Gasteiger partial charge in [0.1, 0.15) is 6.07 Å². The van der Waals surface area contributed by atoms with Crippen LogP contribution in [-0.4, -0.2) is 17.5 Å². The van der Waals surface area contributed by atoms with Crippen molar-refractivity contribution in [2.45, 2.75) is 86.5 Å². The van der Waals surface area contributed by atoms with Crippen molar-refractivity contribution in [1.29, 1.82) is 5.26 Å². The fraction of sp³-hybridized carbons (Fsp3) is 0.733. The van der Waals surface area contributed by atoms with Crippen molar-refractivity contribution in [3.05, 3.63) is 23.3 Å². The average molecular weight is 492 g/mol. The first-order chi connectivity index (χ1) is 16.7. The Hall–Kier alpha value is -2.26. The summed E-state index contributed by atoms with van der Waals surface area (Å²) < 4.78 is 0. The predicted octanol–water partition coefficient (Wildman–Crippen LogP) is 4.81. The first-order valence-corrected chi connectivity index (χ1v) is 13.7. The number of Topliss-reactive ketones (excluding diaryl/α,β-unsaturated/α-hetero) is 1. The van der Waals surface area contributed by atoms with Crippen LogP contribution in [-0.2, 0) is 14.4 Å². The van der Waals surface area contributed by atoms with E-state index in [4.69, 9.17) is 5.84 Å². The van der Waals surface area contributed by atoms with Gasteiger partial charge in [-0.15, -0.1) is 0 Å². The van der Waals surface area contributed by atoms with Crippen LogP contribution < -0.4 is 11.3 Å². The maximum atomic E-state index is 14.3. The molecule has 0 saturated heterocycles. The van der Waals surface area contributed by atoms with Gasteiger partial charge in [0.15, 0.2) is 11.6 Å². The van der Waals surface area contributed by atoms with E-state index < -0.39 is 10.8 Å². The third-order valence-corrected chi connectivity index (χ3v) is 12.1. The monoisotopic (exact) mass is 491 g/mol. The number of hydrogen-bond acceptors (Lipinski definition) is 5. The molecule has 6 nitrogen and oxygen atoms in total. The van der Waals surface area contributed by atoms with Gasteiger partial charge < -0.3 is 0 Å². The zero-order valence-corrected chi connectivity index (χ0v) is 22.7. The molecule has 0 bridgehead atoms. The highest BCUT2D eigenvalue weighted by atomic mass is 16.2. The third kappa shape index (κ3) is 2.96. The van der Waals surface area contributed by atoms with Gasteiger partial charge in [0.2, 0.25) is 5.91 Å². The number of nitrogens with one attached hydrogen (secondary N) is 1. The molecule has 36 heavy (non-hydrogen) atoms. The molecule has 0 unspecified atom stereocenters. The minimum Gasteiger partial charge on any atom is -0.295 e. The summed E-state index contributed by atoms with van der Waals surface area (Å²) in [5, 5.41) is 9.74. The fourth-order valence-corrected chi connectivity index (χ4v) is 9.79. The molecule has 3 N–H and O–H groups in total. The quantitative estimate of drug-likeness (QED) is 0.311. The number of hydrazine groups is 1. The van der Waals surface area contributed by atoms with Crippen molar-refractivity contribution in [2.24, 2.45) is 56.6 Å². The van der Waals surface area contributed by atoms with Crippen molar-refractivity contribution in [2.75, 3.05) is 0 Å². The zero-order chi connectivity index (χ0) is 26.5. The van der Waals surface area contributed by atoms with Gasteiger partial charge in [0, 0.05) is 17.3 Å². The molecule has 6 heteroatoms. The van der Waals surface area contributed by atoms with E-state index in [1.165, 1.54) is 0 Å². The molecule has 8 atom stereocenters. The van der Waals surface area contributed by atoms with Crippen LogP contribution in [0.1, 0.15) is 86.5 Å². The molecule has 0 aliphatic heterocycles. The molecule has 0 radical (unpaired) electrons. The van der Waals surface area contributed by atoms with E-state index in [-0.39, 0.29) is 63.0 Å². The predicted molar refractivity (Wildman–Crippen MR) is 137 cm³/mol. The van der Waals surface area contributed by atoms with E-state index in [1.54, 1.807) is 0 Å². The van der Waals surface area contributed by atoms with Gasteiger partial charge in [-0.1, -0.05) is 53.2 Å². The summed E-state index contributed by atoms with van der Waals surface area (Å²) in [4.78, 5) is 40.5.